The van der Waals surface area contributed by atoms with E-state index in [0.717, 1.165) is 26.5 Å². The fourth-order valence-corrected chi connectivity index (χ4v) is 6.66. The summed E-state index contributed by atoms with van der Waals surface area (Å²) in [6.45, 7) is 5.11. The van der Waals surface area contributed by atoms with E-state index in [-0.39, 0.29) is 4.90 Å². The third kappa shape index (κ3) is 3.50. The van der Waals surface area contributed by atoms with Gasteiger partial charge >= 0.3 is 0 Å². The number of sulfonamides is 1. The maximum atomic E-state index is 13.1. The highest BCUT2D eigenvalue weighted by Gasteiger charge is 2.34. The van der Waals surface area contributed by atoms with Gasteiger partial charge in [0.15, 0.2) is 5.76 Å². The summed E-state index contributed by atoms with van der Waals surface area (Å²) in [7, 11) is -3.64. The van der Waals surface area contributed by atoms with Crippen LogP contribution in [0.2, 0.25) is 0 Å². The summed E-state index contributed by atoms with van der Waals surface area (Å²) in [4.78, 5) is 13.3. The second-order valence-corrected chi connectivity index (χ2v) is 10.3. The van der Waals surface area contributed by atoms with E-state index in [1.54, 1.807) is 31.5 Å². The van der Waals surface area contributed by atoms with Crippen LogP contribution in [-0.2, 0) is 10.0 Å². The quantitative estimate of drug-likeness (QED) is 0.465. The first-order valence-corrected chi connectivity index (χ1v) is 12.2. The van der Waals surface area contributed by atoms with E-state index in [0.29, 0.717) is 37.6 Å². The van der Waals surface area contributed by atoms with Crippen LogP contribution in [0.15, 0.2) is 52.1 Å². The smallest absolute Gasteiger partial charge is 0.248 e. The summed E-state index contributed by atoms with van der Waals surface area (Å²) < 4.78 is 32.7. The Morgan fingerprint density at radius 2 is 1.77 bits per heavy atom. The number of benzene rings is 1. The van der Waals surface area contributed by atoms with E-state index >= 15 is 0 Å². The second kappa shape index (κ2) is 7.70. The van der Waals surface area contributed by atoms with Crippen LogP contribution >= 0.6 is 11.3 Å². The van der Waals surface area contributed by atoms with Crippen LogP contribution in [-0.4, -0.2) is 54.0 Å². The molecule has 0 unspecified atom stereocenters. The molecule has 1 saturated heterocycles. The molecule has 1 aliphatic rings. The predicted molar refractivity (Wildman–Crippen MR) is 120 cm³/mol. The summed E-state index contributed by atoms with van der Waals surface area (Å²) in [6.07, 6.45) is 1.58. The summed E-state index contributed by atoms with van der Waals surface area (Å²) >= 11 is 1.63. The molecule has 160 valence electrons. The molecule has 0 radical (unpaired) electrons. The van der Waals surface area contributed by atoms with E-state index in [1.807, 2.05) is 18.2 Å². The number of hydrogen-bond acceptors (Lipinski definition) is 8. The monoisotopic (exact) mass is 455 g/mol. The lowest BCUT2D eigenvalue weighted by Crippen LogP contribution is -2.49. The Balaban J connectivity index is 1.40. The molecular weight excluding hydrogens is 434 g/mol. The van der Waals surface area contributed by atoms with Gasteiger partial charge in [0.2, 0.25) is 10.0 Å². The average molecular weight is 456 g/mol. The van der Waals surface area contributed by atoms with Crippen molar-refractivity contribution in [3.63, 3.8) is 0 Å². The molecule has 1 aliphatic heterocycles. The molecule has 4 aromatic rings. The van der Waals surface area contributed by atoms with Crippen LogP contribution in [0.25, 0.3) is 20.7 Å². The van der Waals surface area contributed by atoms with Crippen LogP contribution in [0.4, 0.5) is 5.82 Å². The first kappa shape index (κ1) is 20.1. The van der Waals surface area contributed by atoms with Gasteiger partial charge in [0.25, 0.3) is 0 Å². The molecule has 0 spiro atoms. The van der Waals surface area contributed by atoms with Gasteiger partial charge in [0.1, 0.15) is 27.6 Å². The van der Waals surface area contributed by atoms with Crippen molar-refractivity contribution in [1.29, 1.82) is 0 Å². The molecule has 3 aromatic heterocycles. The molecule has 0 atom stereocenters. The van der Waals surface area contributed by atoms with E-state index in [9.17, 15) is 8.42 Å². The Morgan fingerprint density at radius 3 is 2.45 bits per heavy atom. The van der Waals surface area contributed by atoms with Gasteiger partial charge in [-0.2, -0.15) is 4.31 Å². The number of rotatable bonds is 4. The van der Waals surface area contributed by atoms with Crippen LogP contribution in [0, 0.1) is 13.8 Å². The highest BCUT2D eigenvalue weighted by atomic mass is 32.2. The number of hydrogen-bond donors (Lipinski definition) is 0. The maximum absolute atomic E-state index is 13.1. The zero-order valence-electron chi connectivity index (χ0n) is 17.1. The first-order chi connectivity index (χ1) is 14.9. The largest absolute Gasteiger partial charge is 0.360 e. The van der Waals surface area contributed by atoms with Crippen molar-refractivity contribution in [3.8, 4) is 10.4 Å². The fourth-order valence-electron chi connectivity index (χ4n) is 3.95. The number of aryl methyl sites for hydroxylation is 2. The van der Waals surface area contributed by atoms with Crippen molar-refractivity contribution in [2.75, 3.05) is 31.1 Å². The fraction of sp³-hybridized carbons (Fsp3) is 0.286. The SMILES string of the molecule is Cc1noc(C)c1S(=O)(=O)N1CCN(c2ncnc3sc(-c4ccccc4)cc23)CC1. The normalized spacial score (nSPS) is 15.6. The van der Waals surface area contributed by atoms with Crippen molar-refractivity contribution >= 4 is 37.4 Å². The van der Waals surface area contributed by atoms with E-state index < -0.39 is 10.0 Å². The number of aromatic nitrogens is 3. The van der Waals surface area contributed by atoms with Crippen molar-refractivity contribution in [1.82, 2.24) is 19.4 Å². The van der Waals surface area contributed by atoms with Gasteiger partial charge in [0, 0.05) is 31.1 Å². The number of thiophene rings is 1. The van der Waals surface area contributed by atoms with Crippen molar-refractivity contribution in [3.05, 3.63) is 54.2 Å². The molecule has 10 heteroatoms. The van der Waals surface area contributed by atoms with Gasteiger partial charge in [0.05, 0.1) is 5.39 Å². The molecule has 1 fully saturated rings. The van der Waals surface area contributed by atoms with Gasteiger partial charge in [-0.3, -0.25) is 0 Å². The highest BCUT2D eigenvalue weighted by Crippen LogP contribution is 2.36. The van der Waals surface area contributed by atoms with E-state index in [1.165, 1.54) is 4.31 Å². The number of nitrogens with zero attached hydrogens (tertiary/aromatic N) is 5. The zero-order valence-corrected chi connectivity index (χ0v) is 18.8. The first-order valence-electron chi connectivity index (χ1n) is 9.93. The molecule has 0 saturated carbocycles. The molecule has 1 aromatic carbocycles. The molecular formula is C21H21N5O3S2. The third-order valence-corrected chi connectivity index (χ3v) is 8.71. The Morgan fingerprint density at radius 1 is 1.03 bits per heavy atom. The molecule has 0 N–H and O–H groups in total. The van der Waals surface area contributed by atoms with Crippen LogP contribution in [0.3, 0.4) is 0 Å². The lowest BCUT2D eigenvalue weighted by atomic mass is 10.2. The third-order valence-electron chi connectivity index (χ3n) is 5.47. The summed E-state index contributed by atoms with van der Waals surface area (Å²) in [5, 5.41) is 4.79. The van der Waals surface area contributed by atoms with Gasteiger partial charge in [-0.15, -0.1) is 11.3 Å². The van der Waals surface area contributed by atoms with E-state index in [2.05, 4.69) is 38.2 Å². The average Bonchev–Trinajstić information content (AvgIpc) is 3.37. The Bertz CT molecular complexity index is 1320. The molecule has 0 bridgehead atoms. The number of anilines is 1. The lowest BCUT2D eigenvalue weighted by Gasteiger charge is -2.34. The van der Waals surface area contributed by atoms with Gasteiger partial charge in [-0.25, -0.2) is 18.4 Å². The Labute approximate surface area is 184 Å². The van der Waals surface area contributed by atoms with Crippen molar-refractivity contribution in [2.24, 2.45) is 0 Å². The van der Waals surface area contributed by atoms with Crippen LogP contribution in [0.5, 0.6) is 0 Å². The predicted octanol–water partition coefficient (Wildman–Crippen LogP) is 3.47. The minimum atomic E-state index is -3.64. The molecule has 0 amide bonds. The van der Waals surface area contributed by atoms with Crippen LogP contribution < -0.4 is 4.90 Å². The minimum absolute atomic E-state index is 0.177. The summed E-state index contributed by atoms with van der Waals surface area (Å²) in [5.74, 6) is 1.17. The maximum Gasteiger partial charge on any atom is 0.248 e. The number of fused-ring (bicyclic) bond motifs is 1. The molecule has 5 rings (SSSR count). The molecule has 8 nitrogen and oxygen atoms in total. The second-order valence-electron chi connectivity index (χ2n) is 7.44. The number of piperazine rings is 1. The zero-order chi connectivity index (χ0) is 21.6. The minimum Gasteiger partial charge on any atom is -0.360 e. The molecule has 0 aliphatic carbocycles. The summed E-state index contributed by atoms with van der Waals surface area (Å²) in [5.41, 5.74) is 1.54. The van der Waals surface area contributed by atoms with E-state index in [4.69, 9.17) is 4.52 Å². The van der Waals surface area contributed by atoms with Crippen molar-refractivity contribution in [2.45, 2.75) is 18.7 Å². The van der Waals surface area contributed by atoms with Gasteiger partial charge in [-0.05, 0) is 25.5 Å². The Hall–Kier alpha value is -2.82. The summed E-state index contributed by atoms with van der Waals surface area (Å²) in [6, 6.07) is 12.3. The molecule has 31 heavy (non-hydrogen) atoms. The lowest BCUT2D eigenvalue weighted by molar-refractivity contribution is 0.378. The van der Waals surface area contributed by atoms with Crippen molar-refractivity contribution < 1.29 is 12.9 Å². The highest BCUT2D eigenvalue weighted by molar-refractivity contribution is 7.89. The van der Waals surface area contributed by atoms with Gasteiger partial charge < -0.3 is 9.42 Å². The Kier molecular flexibility index (Phi) is 4.99. The topological polar surface area (TPSA) is 92.4 Å². The van der Waals surface area contributed by atoms with Crippen LogP contribution in [0.1, 0.15) is 11.5 Å². The standard InChI is InChI=1S/C21H21N5O3S2/c1-14-19(15(2)29-24-14)31(27,28)26-10-8-25(9-11-26)20-17-12-18(16-6-4-3-5-7-16)30-21(17)23-13-22-20/h3-7,12-13H,8-11H2,1-2H3. The van der Waals surface area contributed by atoms with Gasteiger partial charge in [-0.1, -0.05) is 35.5 Å². The molecule has 4 heterocycles.